The lowest BCUT2D eigenvalue weighted by Gasteiger charge is -2.37. The van der Waals surface area contributed by atoms with Gasteiger partial charge in [0.15, 0.2) is 0 Å². The Labute approximate surface area is 341 Å². The molecule has 15 nitrogen and oxygen atoms in total. The van der Waals surface area contributed by atoms with E-state index in [-0.39, 0.29) is 30.9 Å². The summed E-state index contributed by atoms with van der Waals surface area (Å²) in [6, 6.07) is 11.5. The number of aromatic nitrogens is 2. The Morgan fingerprint density at radius 2 is 1.59 bits per heavy atom. The lowest BCUT2D eigenvalue weighted by atomic mass is 9.92. The average Bonchev–Trinajstić information content (AvgIpc) is 3.49. The molecular weight excluding hydrogens is 762 g/mol. The van der Waals surface area contributed by atoms with E-state index in [0.29, 0.717) is 44.9 Å². The highest BCUT2D eigenvalue weighted by Gasteiger charge is 2.45. The average molecular weight is 808 g/mol. The number of halogens is 1. The van der Waals surface area contributed by atoms with Gasteiger partial charge in [0.05, 0.1) is 33.4 Å². The van der Waals surface area contributed by atoms with Gasteiger partial charge in [0.25, 0.3) is 17.7 Å². The van der Waals surface area contributed by atoms with Crippen molar-refractivity contribution in [2.24, 2.45) is 5.92 Å². The fraction of sp³-hybridized carbons (Fsp3) is 0.476. The Morgan fingerprint density at radius 3 is 2.28 bits per heavy atom. The molecule has 5 heterocycles. The highest BCUT2D eigenvalue weighted by atomic mass is 35.5. The number of benzene rings is 2. The molecule has 58 heavy (non-hydrogen) atoms. The van der Waals surface area contributed by atoms with Gasteiger partial charge in [0, 0.05) is 75.9 Å². The molecule has 1 atom stereocenters. The lowest BCUT2D eigenvalue weighted by molar-refractivity contribution is -0.136. The molecule has 0 spiro atoms. The van der Waals surface area contributed by atoms with Gasteiger partial charge in [-0.3, -0.25) is 39.1 Å². The molecule has 3 aromatic rings. The standard InChI is InChI=1S/C42H46ClN9O6/c43-35-22-32(5-1-27(35)23-44)58-31-6-2-29(3-7-31)47-38(54)28-24-45-42(46-25-28)51-15-12-26(13-16-51)11-14-49-17-19-50(20-18-49)30-4-8-33-34(21-30)41(57)52(40(33)56)36-9-10-37(53)48-39(36)55/h1,4-5,8,21-22,24-26,29,31,36H,2-3,6-7,9-20H2,(H,47,54)(H,48,53,55). The number of fused-ring (bicyclic) bond motifs is 1. The molecule has 1 unspecified atom stereocenters. The van der Waals surface area contributed by atoms with E-state index in [0.717, 1.165) is 101 Å². The third-order valence-corrected chi connectivity index (χ3v) is 12.5. The largest absolute Gasteiger partial charge is 0.490 e. The summed E-state index contributed by atoms with van der Waals surface area (Å²) in [7, 11) is 0. The van der Waals surface area contributed by atoms with Crippen LogP contribution < -0.4 is 25.2 Å². The summed E-state index contributed by atoms with van der Waals surface area (Å²) in [4.78, 5) is 80.5. The smallest absolute Gasteiger partial charge is 0.262 e. The zero-order valence-electron chi connectivity index (χ0n) is 32.2. The van der Waals surface area contributed by atoms with Crippen molar-refractivity contribution in [3.63, 3.8) is 0 Å². The van der Waals surface area contributed by atoms with Gasteiger partial charge in [-0.15, -0.1) is 0 Å². The summed E-state index contributed by atoms with van der Waals surface area (Å²) in [5.74, 6) is -0.261. The second-order valence-corrected chi connectivity index (χ2v) is 16.2. The van der Waals surface area contributed by atoms with E-state index >= 15 is 0 Å². The molecule has 4 fully saturated rings. The fourth-order valence-electron chi connectivity index (χ4n) is 8.72. The van der Waals surface area contributed by atoms with E-state index in [2.05, 4.69) is 41.4 Å². The van der Waals surface area contributed by atoms with Crippen LogP contribution in [0.3, 0.4) is 0 Å². The lowest BCUT2D eigenvalue weighted by Crippen LogP contribution is -2.54. The summed E-state index contributed by atoms with van der Waals surface area (Å²) < 4.78 is 6.08. The number of anilines is 2. The first-order chi connectivity index (χ1) is 28.1. The zero-order chi connectivity index (χ0) is 40.3. The van der Waals surface area contributed by atoms with Crippen LogP contribution in [0.4, 0.5) is 11.6 Å². The number of hydrogen-bond donors (Lipinski definition) is 2. The fourth-order valence-corrected chi connectivity index (χ4v) is 8.93. The molecule has 1 aliphatic carbocycles. The molecule has 0 radical (unpaired) electrons. The van der Waals surface area contributed by atoms with Crippen molar-refractivity contribution in [3.05, 3.63) is 76.1 Å². The third-order valence-electron chi connectivity index (χ3n) is 12.2. The number of nitrogens with zero attached hydrogens (tertiary/aromatic N) is 7. The first-order valence-electron chi connectivity index (χ1n) is 20.2. The van der Waals surface area contributed by atoms with E-state index in [1.54, 1.807) is 42.7 Å². The van der Waals surface area contributed by atoms with Crippen molar-refractivity contribution in [1.82, 2.24) is 30.4 Å². The SMILES string of the molecule is N#Cc1ccc(OC2CCC(NC(=O)c3cnc(N4CCC(CCN5CCN(c6ccc7c(c6)C(=O)N(C6CCC(=O)NC6=O)C7=O)CC5)CC4)nc3)CC2)cc1Cl. The molecule has 8 rings (SSSR count). The quantitative estimate of drug-likeness (QED) is 0.282. The Balaban J connectivity index is 0.735. The predicted octanol–water partition coefficient (Wildman–Crippen LogP) is 3.95. The van der Waals surface area contributed by atoms with Crippen molar-refractivity contribution in [3.8, 4) is 11.8 Å². The number of nitriles is 1. The molecule has 5 amide bonds. The molecular formula is C42H46ClN9O6. The molecule has 0 bridgehead atoms. The predicted molar refractivity (Wildman–Crippen MR) is 214 cm³/mol. The maximum absolute atomic E-state index is 13.3. The van der Waals surface area contributed by atoms with Crippen LogP contribution in [-0.2, 0) is 9.59 Å². The minimum Gasteiger partial charge on any atom is -0.490 e. The van der Waals surface area contributed by atoms with Crippen LogP contribution in [0.5, 0.6) is 5.75 Å². The zero-order valence-corrected chi connectivity index (χ0v) is 33.0. The molecule has 5 aliphatic rings. The van der Waals surface area contributed by atoms with Crippen molar-refractivity contribution in [2.75, 3.05) is 55.6 Å². The van der Waals surface area contributed by atoms with Crippen molar-refractivity contribution >= 4 is 52.8 Å². The molecule has 1 aromatic heterocycles. The van der Waals surface area contributed by atoms with E-state index in [4.69, 9.17) is 21.6 Å². The number of carbonyl (C=O) groups excluding carboxylic acids is 5. The van der Waals surface area contributed by atoms with Crippen LogP contribution in [0.1, 0.15) is 94.4 Å². The van der Waals surface area contributed by atoms with Gasteiger partial charge in [0.1, 0.15) is 17.9 Å². The second kappa shape index (κ2) is 17.1. The van der Waals surface area contributed by atoms with Crippen LogP contribution in [-0.4, -0.2) is 113 Å². The number of piperazine rings is 1. The van der Waals surface area contributed by atoms with Crippen molar-refractivity contribution < 1.29 is 28.7 Å². The number of ether oxygens (including phenoxy) is 1. The van der Waals surface area contributed by atoms with Crippen LogP contribution in [0.25, 0.3) is 0 Å². The van der Waals surface area contributed by atoms with Gasteiger partial charge in [-0.05, 0) is 94.2 Å². The second-order valence-electron chi connectivity index (χ2n) is 15.8. The number of piperidine rings is 2. The topological polar surface area (TPSA) is 181 Å². The number of nitrogens with one attached hydrogen (secondary N) is 2. The number of hydrogen-bond acceptors (Lipinski definition) is 12. The minimum absolute atomic E-state index is 0.0251. The Kier molecular flexibility index (Phi) is 11.6. The monoisotopic (exact) mass is 807 g/mol. The molecule has 2 N–H and O–H groups in total. The van der Waals surface area contributed by atoms with Crippen molar-refractivity contribution in [1.29, 1.82) is 5.26 Å². The third kappa shape index (κ3) is 8.49. The first-order valence-corrected chi connectivity index (χ1v) is 20.6. The van der Waals surface area contributed by atoms with Crippen LogP contribution in [0.15, 0.2) is 48.8 Å². The molecule has 3 saturated heterocycles. The Morgan fingerprint density at radius 1 is 0.862 bits per heavy atom. The summed E-state index contributed by atoms with van der Waals surface area (Å²) >= 11 is 6.15. The maximum Gasteiger partial charge on any atom is 0.262 e. The van der Waals surface area contributed by atoms with Crippen LogP contribution in [0, 0.1) is 17.2 Å². The van der Waals surface area contributed by atoms with Gasteiger partial charge >= 0.3 is 0 Å². The minimum atomic E-state index is -0.973. The summed E-state index contributed by atoms with van der Waals surface area (Å²) in [5, 5.41) is 14.8. The normalized spacial score (nSPS) is 23.0. The highest BCUT2D eigenvalue weighted by molar-refractivity contribution is 6.31. The molecule has 16 heteroatoms. The van der Waals surface area contributed by atoms with E-state index in [9.17, 15) is 24.0 Å². The van der Waals surface area contributed by atoms with Crippen molar-refractivity contribution in [2.45, 2.75) is 76.0 Å². The molecule has 1 saturated carbocycles. The van der Waals surface area contributed by atoms with Gasteiger partial charge < -0.3 is 19.9 Å². The Bertz CT molecular complexity index is 2120. The van der Waals surface area contributed by atoms with Gasteiger partial charge in [-0.2, -0.15) is 5.26 Å². The molecule has 4 aliphatic heterocycles. The summed E-state index contributed by atoms with van der Waals surface area (Å²) in [5.41, 5.74) is 2.34. The van der Waals surface area contributed by atoms with E-state index in [1.165, 1.54) is 0 Å². The van der Waals surface area contributed by atoms with Crippen LogP contribution in [0.2, 0.25) is 5.02 Å². The van der Waals surface area contributed by atoms with Crippen LogP contribution >= 0.6 is 11.6 Å². The Hall–Kier alpha value is -5.59. The summed E-state index contributed by atoms with van der Waals surface area (Å²) in [6.45, 7) is 6.13. The maximum atomic E-state index is 13.3. The number of amides is 5. The number of rotatable bonds is 10. The van der Waals surface area contributed by atoms with Gasteiger partial charge in [0.2, 0.25) is 17.8 Å². The molecule has 302 valence electrons. The highest BCUT2D eigenvalue weighted by Crippen LogP contribution is 2.32. The molecule has 2 aromatic carbocycles. The van der Waals surface area contributed by atoms with E-state index in [1.807, 2.05) is 6.07 Å². The summed E-state index contributed by atoms with van der Waals surface area (Å²) in [6.07, 6.45) is 9.87. The van der Waals surface area contributed by atoms with Gasteiger partial charge in [-0.25, -0.2) is 9.97 Å². The van der Waals surface area contributed by atoms with Gasteiger partial charge in [-0.1, -0.05) is 11.6 Å². The number of carbonyl (C=O) groups is 5. The number of imide groups is 2. The first kappa shape index (κ1) is 39.2. The van der Waals surface area contributed by atoms with E-state index < -0.39 is 29.7 Å².